The fraction of sp³-hybridized carbons (Fsp3) is 0.333. The van der Waals surface area contributed by atoms with E-state index in [2.05, 4.69) is 12.2 Å². The molecule has 5 nitrogen and oxygen atoms in total. The van der Waals surface area contributed by atoms with Gasteiger partial charge in [-0.2, -0.15) is 0 Å². The third-order valence-electron chi connectivity index (χ3n) is 4.69. The van der Waals surface area contributed by atoms with Crippen LogP contribution in [0.3, 0.4) is 0 Å². The molecule has 1 aliphatic carbocycles. The van der Waals surface area contributed by atoms with Gasteiger partial charge in [0.2, 0.25) is 5.91 Å². The average molecular weight is 385 g/mol. The number of anilines is 1. The summed E-state index contributed by atoms with van der Waals surface area (Å²) in [6.07, 6.45) is 5.94. The van der Waals surface area contributed by atoms with Crippen LogP contribution >= 0.6 is 11.3 Å². The van der Waals surface area contributed by atoms with Crippen molar-refractivity contribution in [3.05, 3.63) is 51.9 Å². The maximum atomic E-state index is 12.4. The quantitative estimate of drug-likeness (QED) is 0.615. The first-order chi connectivity index (χ1) is 13.0. The monoisotopic (exact) mass is 385 g/mol. The summed E-state index contributed by atoms with van der Waals surface area (Å²) in [7, 11) is 2.96. The summed E-state index contributed by atoms with van der Waals surface area (Å²) in [6.45, 7) is 2.20. The number of amides is 1. The molecule has 0 fully saturated rings. The van der Waals surface area contributed by atoms with Gasteiger partial charge < -0.3 is 14.8 Å². The van der Waals surface area contributed by atoms with Crippen LogP contribution in [-0.4, -0.2) is 26.1 Å². The van der Waals surface area contributed by atoms with Crippen LogP contribution in [0.15, 0.2) is 30.3 Å². The Bertz CT molecular complexity index is 884. The van der Waals surface area contributed by atoms with Gasteiger partial charge in [0.1, 0.15) is 10.8 Å². The van der Waals surface area contributed by atoms with Crippen LogP contribution in [-0.2, 0) is 22.4 Å². The number of hydrogen-bond donors (Lipinski definition) is 1. The molecule has 3 rings (SSSR count). The number of para-hydroxylation sites is 1. The SMILES string of the molecule is COC(=O)c1c(NC(=O)/C=C\c2ccccc2OC)sc2c1CC[C@@H](C)C2. The van der Waals surface area contributed by atoms with E-state index in [0.29, 0.717) is 22.2 Å². The molecule has 6 heteroatoms. The first-order valence-electron chi connectivity index (χ1n) is 8.88. The molecule has 0 unspecified atom stereocenters. The number of hydrogen-bond acceptors (Lipinski definition) is 5. The summed E-state index contributed by atoms with van der Waals surface area (Å²) < 4.78 is 10.2. The summed E-state index contributed by atoms with van der Waals surface area (Å²) in [5, 5.41) is 3.42. The van der Waals surface area contributed by atoms with Crippen molar-refractivity contribution < 1.29 is 19.1 Å². The second-order valence-corrected chi connectivity index (χ2v) is 7.72. The van der Waals surface area contributed by atoms with E-state index in [1.165, 1.54) is 24.5 Å². The van der Waals surface area contributed by atoms with E-state index in [0.717, 1.165) is 35.3 Å². The zero-order valence-corrected chi connectivity index (χ0v) is 16.5. The largest absolute Gasteiger partial charge is 0.496 e. The summed E-state index contributed by atoms with van der Waals surface area (Å²) in [4.78, 5) is 25.9. The molecule has 2 aromatic rings. The summed E-state index contributed by atoms with van der Waals surface area (Å²) in [6, 6.07) is 7.45. The number of nitrogens with one attached hydrogen (secondary N) is 1. The maximum absolute atomic E-state index is 12.4. The highest BCUT2D eigenvalue weighted by Crippen LogP contribution is 2.40. The minimum Gasteiger partial charge on any atom is -0.496 e. The molecule has 0 saturated carbocycles. The van der Waals surface area contributed by atoms with E-state index in [1.807, 2.05) is 24.3 Å². The summed E-state index contributed by atoms with van der Waals surface area (Å²) in [5.74, 6) is 0.580. The molecule has 1 atom stereocenters. The number of rotatable bonds is 5. The molecular formula is C21H23NO4S. The highest BCUT2D eigenvalue weighted by atomic mass is 32.1. The third kappa shape index (κ3) is 4.22. The van der Waals surface area contributed by atoms with E-state index in [1.54, 1.807) is 13.2 Å². The lowest BCUT2D eigenvalue weighted by Gasteiger charge is -2.18. The second kappa shape index (κ2) is 8.39. The molecular weight excluding hydrogens is 362 g/mol. The molecule has 1 aromatic carbocycles. The minimum absolute atomic E-state index is 0.294. The maximum Gasteiger partial charge on any atom is 0.341 e. The van der Waals surface area contributed by atoms with Crippen molar-refractivity contribution in [3.8, 4) is 5.75 Å². The Morgan fingerprint density at radius 3 is 2.78 bits per heavy atom. The number of fused-ring (bicyclic) bond motifs is 1. The second-order valence-electron chi connectivity index (χ2n) is 6.61. The number of esters is 1. The van der Waals surface area contributed by atoms with E-state index >= 15 is 0 Å². The Labute approximate surface area is 163 Å². The van der Waals surface area contributed by atoms with Crippen LogP contribution in [0.2, 0.25) is 0 Å². The van der Waals surface area contributed by atoms with Gasteiger partial charge >= 0.3 is 5.97 Å². The van der Waals surface area contributed by atoms with Crippen molar-refractivity contribution in [2.45, 2.75) is 26.2 Å². The van der Waals surface area contributed by atoms with Crippen LogP contribution in [0.5, 0.6) is 5.75 Å². The molecule has 0 bridgehead atoms. The van der Waals surface area contributed by atoms with Crippen molar-refractivity contribution >= 4 is 34.3 Å². The fourth-order valence-corrected chi connectivity index (χ4v) is 4.68. The van der Waals surface area contributed by atoms with Crippen molar-refractivity contribution in [2.24, 2.45) is 5.92 Å². The zero-order valence-electron chi connectivity index (χ0n) is 15.7. The lowest BCUT2D eigenvalue weighted by atomic mass is 9.88. The first kappa shape index (κ1) is 19.2. The van der Waals surface area contributed by atoms with Gasteiger partial charge in [-0.3, -0.25) is 4.79 Å². The summed E-state index contributed by atoms with van der Waals surface area (Å²) in [5.41, 5.74) is 2.33. The van der Waals surface area contributed by atoms with Gasteiger partial charge in [0.05, 0.1) is 19.8 Å². The van der Waals surface area contributed by atoms with Crippen molar-refractivity contribution in [1.82, 2.24) is 0 Å². The number of benzene rings is 1. The van der Waals surface area contributed by atoms with E-state index < -0.39 is 5.97 Å². The first-order valence-corrected chi connectivity index (χ1v) is 9.70. The van der Waals surface area contributed by atoms with Crippen molar-refractivity contribution in [3.63, 3.8) is 0 Å². The molecule has 1 heterocycles. The average Bonchev–Trinajstić information content (AvgIpc) is 3.02. The Balaban J connectivity index is 1.83. The highest BCUT2D eigenvalue weighted by molar-refractivity contribution is 7.17. The Morgan fingerprint density at radius 1 is 1.26 bits per heavy atom. The molecule has 142 valence electrons. The molecule has 0 radical (unpaired) electrons. The van der Waals surface area contributed by atoms with Gasteiger partial charge in [-0.15, -0.1) is 11.3 Å². The number of carbonyl (C=O) groups excluding carboxylic acids is 2. The van der Waals surface area contributed by atoms with Crippen LogP contribution in [0.4, 0.5) is 5.00 Å². The van der Waals surface area contributed by atoms with Gasteiger partial charge in [0.25, 0.3) is 0 Å². The Kier molecular flexibility index (Phi) is 5.96. The summed E-state index contributed by atoms with van der Waals surface area (Å²) >= 11 is 1.48. The lowest BCUT2D eigenvalue weighted by Crippen LogP contribution is -2.14. The topological polar surface area (TPSA) is 64.6 Å². The third-order valence-corrected chi connectivity index (χ3v) is 5.86. The van der Waals surface area contributed by atoms with Gasteiger partial charge in [0, 0.05) is 16.5 Å². The van der Waals surface area contributed by atoms with Gasteiger partial charge in [0.15, 0.2) is 0 Å². The smallest absolute Gasteiger partial charge is 0.341 e. The molecule has 0 saturated heterocycles. The van der Waals surface area contributed by atoms with Crippen molar-refractivity contribution in [2.75, 3.05) is 19.5 Å². The van der Waals surface area contributed by atoms with Gasteiger partial charge in [-0.25, -0.2) is 4.79 Å². The van der Waals surface area contributed by atoms with Crippen molar-refractivity contribution in [1.29, 1.82) is 0 Å². The molecule has 1 aromatic heterocycles. The highest BCUT2D eigenvalue weighted by Gasteiger charge is 2.28. The number of methoxy groups -OCH3 is 2. The molecule has 27 heavy (non-hydrogen) atoms. The predicted octanol–water partition coefficient (Wildman–Crippen LogP) is 4.32. The Morgan fingerprint density at radius 2 is 2.04 bits per heavy atom. The molecule has 0 aliphatic heterocycles. The van der Waals surface area contributed by atoms with Gasteiger partial charge in [-0.1, -0.05) is 25.1 Å². The number of carbonyl (C=O) groups is 2. The molecule has 1 N–H and O–H groups in total. The molecule has 1 amide bonds. The van der Waals surface area contributed by atoms with E-state index in [-0.39, 0.29) is 5.91 Å². The van der Waals surface area contributed by atoms with E-state index in [9.17, 15) is 9.59 Å². The van der Waals surface area contributed by atoms with Crippen LogP contribution < -0.4 is 10.1 Å². The Hall–Kier alpha value is -2.60. The van der Waals surface area contributed by atoms with Crippen LogP contribution in [0.25, 0.3) is 6.08 Å². The van der Waals surface area contributed by atoms with Crippen LogP contribution in [0, 0.1) is 5.92 Å². The number of ether oxygens (including phenoxy) is 2. The lowest BCUT2D eigenvalue weighted by molar-refractivity contribution is -0.111. The standard InChI is InChI=1S/C21H23NO4S/c1-13-8-10-15-17(12-13)27-20(19(15)21(24)26-3)22-18(23)11-9-14-6-4-5-7-16(14)25-2/h4-7,9,11,13H,8,10,12H2,1-3H3,(H,22,23)/b11-9-/t13-/m1/s1. The van der Waals surface area contributed by atoms with Gasteiger partial charge in [-0.05, 0) is 42.9 Å². The predicted molar refractivity (Wildman–Crippen MR) is 108 cm³/mol. The number of thiophene rings is 1. The van der Waals surface area contributed by atoms with E-state index in [4.69, 9.17) is 9.47 Å². The minimum atomic E-state index is -0.397. The fourth-order valence-electron chi connectivity index (χ4n) is 3.28. The molecule has 1 aliphatic rings. The zero-order chi connectivity index (χ0) is 19.4. The molecule has 0 spiro atoms. The normalized spacial score (nSPS) is 16.0. The van der Waals surface area contributed by atoms with Crippen LogP contribution in [0.1, 0.15) is 39.7 Å².